The Kier molecular flexibility index (Phi) is 6.04. The molecule has 0 aliphatic rings. The molecule has 8 heteroatoms. The lowest BCUT2D eigenvalue weighted by atomic mass is 10.1. The Labute approximate surface area is 189 Å². The average Bonchev–Trinajstić information content (AvgIpc) is 3.33. The number of thiophene rings is 1. The van der Waals surface area contributed by atoms with Crippen LogP contribution in [0.4, 0.5) is 5.13 Å². The van der Waals surface area contributed by atoms with Crippen molar-refractivity contribution < 1.29 is 13.2 Å². The zero-order valence-electron chi connectivity index (χ0n) is 17.0. The second-order valence-electron chi connectivity index (χ2n) is 7.06. The van der Waals surface area contributed by atoms with Gasteiger partial charge in [-0.15, -0.1) is 22.7 Å². The highest BCUT2D eigenvalue weighted by Gasteiger charge is 2.17. The van der Waals surface area contributed by atoms with Crippen LogP contribution in [0.25, 0.3) is 10.6 Å². The van der Waals surface area contributed by atoms with Crippen LogP contribution < -0.4 is 5.32 Å². The van der Waals surface area contributed by atoms with Gasteiger partial charge in [-0.25, -0.2) is 13.4 Å². The van der Waals surface area contributed by atoms with Crippen molar-refractivity contribution in [2.24, 2.45) is 0 Å². The number of anilines is 1. The molecule has 1 N–H and O–H groups in total. The van der Waals surface area contributed by atoms with E-state index in [0.717, 1.165) is 15.4 Å². The largest absolute Gasteiger partial charge is 0.298 e. The molecular weight excluding hydrogens is 448 g/mol. The Balaban J connectivity index is 1.51. The van der Waals surface area contributed by atoms with Crippen molar-refractivity contribution in [2.45, 2.75) is 24.5 Å². The van der Waals surface area contributed by atoms with Crippen LogP contribution in [0.3, 0.4) is 0 Å². The van der Waals surface area contributed by atoms with E-state index in [9.17, 15) is 13.2 Å². The maximum Gasteiger partial charge on any atom is 0.257 e. The molecule has 2 aromatic carbocycles. The van der Waals surface area contributed by atoms with Crippen LogP contribution in [0.2, 0.25) is 0 Å². The molecule has 1 amide bonds. The number of nitrogens with zero attached hydrogens (tertiary/aromatic N) is 1. The summed E-state index contributed by atoms with van der Waals surface area (Å²) in [6, 6.07) is 19.1. The van der Waals surface area contributed by atoms with E-state index in [0.29, 0.717) is 16.3 Å². The summed E-state index contributed by atoms with van der Waals surface area (Å²) < 4.78 is 25.3. The quantitative estimate of drug-likeness (QED) is 0.393. The maximum atomic E-state index is 12.8. The second kappa shape index (κ2) is 8.74. The number of benzene rings is 2. The molecule has 0 unspecified atom stereocenters. The van der Waals surface area contributed by atoms with Crippen molar-refractivity contribution >= 4 is 43.5 Å². The van der Waals surface area contributed by atoms with E-state index in [2.05, 4.69) is 10.3 Å². The van der Waals surface area contributed by atoms with Crippen molar-refractivity contribution in [3.8, 4) is 10.6 Å². The van der Waals surface area contributed by atoms with Crippen LogP contribution in [0.5, 0.6) is 0 Å². The number of aromatic nitrogens is 1. The first-order valence-electron chi connectivity index (χ1n) is 9.54. The van der Waals surface area contributed by atoms with Crippen molar-refractivity contribution in [2.75, 3.05) is 5.32 Å². The smallest absolute Gasteiger partial charge is 0.257 e. The normalized spacial score (nSPS) is 11.4. The number of thiazole rings is 1. The van der Waals surface area contributed by atoms with Crippen LogP contribution in [-0.2, 0) is 15.6 Å². The van der Waals surface area contributed by atoms with E-state index in [1.165, 1.54) is 16.2 Å². The van der Waals surface area contributed by atoms with Gasteiger partial charge in [0.15, 0.2) is 15.0 Å². The molecule has 2 aromatic heterocycles. The third-order valence-corrected chi connectivity index (χ3v) is 8.24. The summed E-state index contributed by atoms with van der Waals surface area (Å²) in [7, 11) is -3.49. The Morgan fingerprint density at radius 3 is 2.45 bits per heavy atom. The summed E-state index contributed by atoms with van der Waals surface area (Å²) >= 11 is 3.08. The summed E-state index contributed by atoms with van der Waals surface area (Å²) in [6.45, 7) is 4.02. The first kappa shape index (κ1) is 21.4. The number of carbonyl (C=O) groups is 1. The lowest BCUT2D eigenvalue weighted by Crippen LogP contribution is -2.12. The molecule has 5 nitrogen and oxygen atoms in total. The van der Waals surface area contributed by atoms with Gasteiger partial charge in [0.1, 0.15) is 0 Å². The fraction of sp³-hybridized carbons (Fsp3) is 0.130. The third kappa shape index (κ3) is 4.92. The van der Waals surface area contributed by atoms with Gasteiger partial charge in [0, 0.05) is 15.3 Å². The molecule has 4 aromatic rings. The molecule has 0 spiro atoms. The molecule has 31 heavy (non-hydrogen) atoms. The first-order chi connectivity index (χ1) is 14.8. The fourth-order valence-corrected chi connectivity index (χ4v) is 6.30. The molecule has 158 valence electrons. The van der Waals surface area contributed by atoms with Crippen molar-refractivity contribution in [3.05, 3.63) is 87.6 Å². The van der Waals surface area contributed by atoms with Gasteiger partial charge < -0.3 is 0 Å². The molecule has 0 aliphatic heterocycles. The van der Waals surface area contributed by atoms with Crippen molar-refractivity contribution in [1.29, 1.82) is 0 Å². The molecule has 4 rings (SSSR count). The van der Waals surface area contributed by atoms with Gasteiger partial charge in [-0.05, 0) is 55.8 Å². The van der Waals surface area contributed by atoms with Crippen LogP contribution >= 0.6 is 22.7 Å². The third-order valence-electron chi connectivity index (χ3n) is 4.64. The van der Waals surface area contributed by atoms with Gasteiger partial charge in [-0.3, -0.25) is 10.1 Å². The molecule has 0 bridgehead atoms. The Morgan fingerprint density at radius 1 is 0.968 bits per heavy atom. The van der Waals surface area contributed by atoms with Gasteiger partial charge in [-0.2, -0.15) is 0 Å². The lowest BCUT2D eigenvalue weighted by molar-refractivity contribution is 0.102. The first-order valence-corrected chi connectivity index (χ1v) is 12.8. The minimum atomic E-state index is -3.49. The van der Waals surface area contributed by atoms with Crippen LogP contribution in [0.15, 0.2) is 71.6 Å². The fourth-order valence-electron chi connectivity index (χ4n) is 3.14. The van der Waals surface area contributed by atoms with Crippen LogP contribution in [0.1, 0.15) is 25.7 Å². The number of amides is 1. The minimum absolute atomic E-state index is 0.170. The van der Waals surface area contributed by atoms with E-state index < -0.39 is 9.84 Å². The molecule has 0 fully saturated rings. The van der Waals surface area contributed by atoms with E-state index in [1.807, 2.05) is 26.0 Å². The zero-order chi connectivity index (χ0) is 22.0. The van der Waals surface area contributed by atoms with E-state index in [-0.39, 0.29) is 16.6 Å². The highest BCUT2D eigenvalue weighted by molar-refractivity contribution is 7.90. The average molecular weight is 469 g/mol. The second-order valence-corrected chi connectivity index (χ2v) is 11.5. The predicted molar refractivity (Wildman–Crippen MR) is 127 cm³/mol. The summed E-state index contributed by atoms with van der Waals surface area (Å²) in [5, 5.41) is 3.36. The molecule has 0 saturated carbocycles. The molecule has 0 saturated heterocycles. The van der Waals surface area contributed by atoms with E-state index in [1.54, 1.807) is 65.9 Å². The highest BCUT2D eigenvalue weighted by Crippen LogP contribution is 2.34. The Morgan fingerprint density at radius 2 is 1.74 bits per heavy atom. The minimum Gasteiger partial charge on any atom is -0.298 e. The van der Waals surface area contributed by atoms with Gasteiger partial charge >= 0.3 is 0 Å². The highest BCUT2D eigenvalue weighted by atomic mass is 32.2. The SMILES string of the molecule is Cc1ccc(-c2nc(NC(=O)c3cccc(CS(=O)(=O)c4ccccc4)c3)sc2C)s1. The lowest BCUT2D eigenvalue weighted by Gasteiger charge is -2.07. The van der Waals surface area contributed by atoms with E-state index >= 15 is 0 Å². The molecule has 0 radical (unpaired) electrons. The standard InChI is InChI=1S/C23H20N2O3S3/c1-15-11-12-20(29-15)21-16(2)30-23(24-21)25-22(26)18-8-6-7-17(13-18)14-31(27,28)19-9-4-3-5-10-19/h3-13H,14H2,1-2H3,(H,24,25,26). The number of hydrogen-bond acceptors (Lipinski definition) is 6. The molecule has 0 atom stereocenters. The number of rotatable bonds is 6. The summed E-state index contributed by atoms with van der Waals surface area (Å²) in [6.07, 6.45) is 0. The predicted octanol–water partition coefficient (Wildman–Crippen LogP) is 5.71. The summed E-state index contributed by atoms with van der Waals surface area (Å²) in [4.78, 5) is 20.9. The zero-order valence-corrected chi connectivity index (χ0v) is 19.4. The number of hydrogen-bond donors (Lipinski definition) is 1. The van der Waals surface area contributed by atoms with Crippen molar-refractivity contribution in [3.63, 3.8) is 0 Å². The summed E-state index contributed by atoms with van der Waals surface area (Å²) in [5.41, 5.74) is 1.82. The maximum absolute atomic E-state index is 12.8. The van der Waals surface area contributed by atoms with Gasteiger partial charge in [0.05, 0.1) is 21.2 Å². The summed E-state index contributed by atoms with van der Waals surface area (Å²) in [5.74, 6) is -0.488. The number of nitrogens with one attached hydrogen (secondary N) is 1. The van der Waals surface area contributed by atoms with Gasteiger partial charge in [0.2, 0.25) is 0 Å². The number of aryl methyl sites for hydroxylation is 2. The van der Waals surface area contributed by atoms with Crippen LogP contribution in [0, 0.1) is 13.8 Å². The Hall–Kier alpha value is -2.81. The Bertz CT molecular complexity index is 1340. The molecular formula is C23H20N2O3S3. The van der Waals surface area contributed by atoms with Crippen molar-refractivity contribution in [1.82, 2.24) is 4.98 Å². The topological polar surface area (TPSA) is 76.1 Å². The molecule has 0 aliphatic carbocycles. The van der Waals surface area contributed by atoms with Gasteiger partial charge in [-0.1, -0.05) is 30.3 Å². The number of sulfone groups is 1. The van der Waals surface area contributed by atoms with Crippen LogP contribution in [-0.4, -0.2) is 19.3 Å². The monoisotopic (exact) mass is 468 g/mol. The molecule has 2 heterocycles. The number of carbonyl (C=O) groups excluding carboxylic acids is 1. The van der Waals surface area contributed by atoms with Gasteiger partial charge in [0.25, 0.3) is 5.91 Å². The van der Waals surface area contributed by atoms with E-state index in [4.69, 9.17) is 0 Å².